The first-order valence-electron chi connectivity index (χ1n) is 8.60. The van der Waals surface area contributed by atoms with Gasteiger partial charge < -0.3 is 18.4 Å². The van der Waals surface area contributed by atoms with Gasteiger partial charge in [-0.25, -0.2) is 0 Å². The van der Waals surface area contributed by atoms with Gasteiger partial charge in [-0.15, -0.1) is 10.2 Å². The molecule has 4 rings (SSSR count). The Kier molecular flexibility index (Phi) is 4.76. The summed E-state index contributed by atoms with van der Waals surface area (Å²) < 4.78 is 21.6. The Labute approximate surface area is 161 Å². The van der Waals surface area contributed by atoms with E-state index in [1.807, 2.05) is 31.2 Å². The van der Waals surface area contributed by atoms with E-state index in [9.17, 15) is 0 Å². The summed E-state index contributed by atoms with van der Waals surface area (Å²) in [7, 11) is 3.17. The maximum absolute atomic E-state index is 5.75. The molecule has 28 heavy (non-hydrogen) atoms. The van der Waals surface area contributed by atoms with Gasteiger partial charge in [0.05, 0.1) is 14.2 Å². The van der Waals surface area contributed by atoms with Gasteiger partial charge in [-0.1, -0.05) is 28.9 Å². The Hall–Kier alpha value is -3.68. The van der Waals surface area contributed by atoms with Gasteiger partial charge in [-0.05, 0) is 25.1 Å². The first-order chi connectivity index (χ1) is 13.6. The molecular weight excluding hydrogens is 360 g/mol. The molecule has 0 aliphatic heterocycles. The number of hydrogen-bond donors (Lipinski definition) is 0. The standard InChI is InChI=1S/C20H18N4O4/c1-12-5-4-6-13(7-12)19-21-17(28-24-19)11-18-22-23-20(27-18)14-8-15(25-2)10-16(9-14)26-3/h4-10H,11H2,1-3H3. The van der Waals surface area contributed by atoms with Crippen molar-refractivity contribution >= 4 is 0 Å². The number of rotatable bonds is 6. The molecule has 0 aliphatic rings. The molecule has 142 valence electrons. The van der Waals surface area contributed by atoms with E-state index in [2.05, 4.69) is 20.3 Å². The van der Waals surface area contributed by atoms with Crippen LogP contribution in [0.1, 0.15) is 17.3 Å². The Morgan fingerprint density at radius 1 is 0.893 bits per heavy atom. The average molecular weight is 378 g/mol. The fraction of sp³-hybridized carbons (Fsp3) is 0.200. The van der Waals surface area contributed by atoms with Crippen LogP contribution in [-0.4, -0.2) is 34.6 Å². The fourth-order valence-electron chi connectivity index (χ4n) is 2.73. The summed E-state index contributed by atoms with van der Waals surface area (Å²) in [5, 5.41) is 12.2. The first kappa shape index (κ1) is 17.7. The maximum atomic E-state index is 5.75. The summed E-state index contributed by atoms with van der Waals surface area (Å²) >= 11 is 0. The van der Waals surface area contributed by atoms with Gasteiger partial charge in [-0.2, -0.15) is 4.98 Å². The Morgan fingerprint density at radius 2 is 1.68 bits per heavy atom. The van der Waals surface area contributed by atoms with Gasteiger partial charge in [-0.3, -0.25) is 0 Å². The quantitative estimate of drug-likeness (QED) is 0.501. The van der Waals surface area contributed by atoms with Crippen molar-refractivity contribution in [3.05, 3.63) is 59.8 Å². The average Bonchev–Trinajstić information content (AvgIpc) is 3.38. The molecule has 0 atom stereocenters. The van der Waals surface area contributed by atoms with E-state index in [1.165, 1.54) is 0 Å². The van der Waals surface area contributed by atoms with Crippen molar-refractivity contribution in [3.63, 3.8) is 0 Å². The highest BCUT2D eigenvalue weighted by molar-refractivity contribution is 5.59. The number of aryl methyl sites for hydroxylation is 1. The molecule has 0 saturated heterocycles. The van der Waals surface area contributed by atoms with Crippen LogP contribution in [0, 0.1) is 6.92 Å². The van der Waals surface area contributed by atoms with Crippen LogP contribution >= 0.6 is 0 Å². The molecule has 0 fully saturated rings. The van der Waals surface area contributed by atoms with Crippen LogP contribution in [0.4, 0.5) is 0 Å². The van der Waals surface area contributed by atoms with Gasteiger partial charge in [0.25, 0.3) is 0 Å². The summed E-state index contributed by atoms with van der Waals surface area (Å²) in [5.74, 6) is 2.91. The van der Waals surface area contributed by atoms with Crippen molar-refractivity contribution in [3.8, 4) is 34.3 Å². The highest BCUT2D eigenvalue weighted by Gasteiger charge is 2.15. The lowest BCUT2D eigenvalue weighted by atomic mass is 10.1. The van der Waals surface area contributed by atoms with E-state index >= 15 is 0 Å². The molecule has 2 aromatic carbocycles. The molecule has 0 spiro atoms. The van der Waals surface area contributed by atoms with Crippen LogP contribution in [0.3, 0.4) is 0 Å². The van der Waals surface area contributed by atoms with Crippen LogP contribution in [0.5, 0.6) is 11.5 Å². The van der Waals surface area contributed by atoms with Crippen LogP contribution < -0.4 is 9.47 Å². The fourth-order valence-corrected chi connectivity index (χ4v) is 2.73. The predicted octanol–water partition coefficient (Wildman–Crippen LogP) is 3.70. The molecule has 0 radical (unpaired) electrons. The minimum absolute atomic E-state index is 0.243. The summed E-state index contributed by atoms with van der Waals surface area (Å²) in [6.07, 6.45) is 0.243. The Balaban J connectivity index is 1.55. The molecule has 8 nitrogen and oxygen atoms in total. The van der Waals surface area contributed by atoms with E-state index in [0.29, 0.717) is 40.6 Å². The molecule has 0 bridgehead atoms. The molecule has 8 heteroatoms. The van der Waals surface area contributed by atoms with Crippen LogP contribution in [-0.2, 0) is 6.42 Å². The molecule has 0 unspecified atom stereocenters. The molecule has 0 N–H and O–H groups in total. The second-order valence-electron chi connectivity index (χ2n) is 6.16. The number of hydrogen-bond acceptors (Lipinski definition) is 8. The third kappa shape index (κ3) is 3.71. The SMILES string of the molecule is COc1cc(OC)cc(-c2nnc(Cc3nc(-c4cccc(C)c4)no3)o2)c1. The molecule has 2 heterocycles. The van der Waals surface area contributed by atoms with E-state index in [4.69, 9.17) is 18.4 Å². The van der Waals surface area contributed by atoms with Gasteiger partial charge in [0, 0.05) is 17.2 Å². The van der Waals surface area contributed by atoms with Crippen LogP contribution in [0.15, 0.2) is 51.4 Å². The monoisotopic (exact) mass is 378 g/mol. The summed E-state index contributed by atoms with van der Waals surface area (Å²) in [5.41, 5.74) is 2.71. The number of benzene rings is 2. The third-order valence-electron chi connectivity index (χ3n) is 4.11. The molecule has 2 aromatic heterocycles. The second-order valence-corrected chi connectivity index (χ2v) is 6.16. The zero-order chi connectivity index (χ0) is 19.5. The number of ether oxygens (including phenoxy) is 2. The summed E-state index contributed by atoms with van der Waals surface area (Å²) in [4.78, 5) is 4.41. The molecule has 4 aromatic rings. The van der Waals surface area contributed by atoms with Gasteiger partial charge >= 0.3 is 0 Å². The number of nitrogens with zero attached hydrogens (tertiary/aromatic N) is 4. The van der Waals surface area contributed by atoms with E-state index in [-0.39, 0.29) is 6.42 Å². The molecule has 0 aliphatic carbocycles. The smallest absolute Gasteiger partial charge is 0.248 e. The maximum Gasteiger partial charge on any atom is 0.248 e. The normalized spacial score (nSPS) is 10.8. The second kappa shape index (κ2) is 7.51. The van der Waals surface area contributed by atoms with Gasteiger partial charge in [0.15, 0.2) is 0 Å². The van der Waals surface area contributed by atoms with Crippen molar-refractivity contribution in [2.45, 2.75) is 13.3 Å². The van der Waals surface area contributed by atoms with Gasteiger partial charge in [0.2, 0.25) is 23.5 Å². The predicted molar refractivity (Wildman–Crippen MR) is 100 cm³/mol. The summed E-state index contributed by atoms with van der Waals surface area (Å²) in [6.45, 7) is 2.01. The summed E-state index contributed by atoms with van der Waals surface area (Å²) in [6, 6.07) is 13.3. The largest absolute Gasteiger partial charge is 0.497 e. The Bertz CT molecular complexity index is 1080. The van der Waals surface area contributed by atoms with Crippen molar-refractivity contribution in [1.29, 1.82) is 0 Å². The van der Waals surface area contributed by atoms with Crippen LogP contribution in [0.25, 0.3) is 22.8 Å². The minimum Gasteiger partial charge on any atom is -0.497 e. The highest BCUT2D eigenvalue weighted by atomic mass is 16.5. The lowest BCUT2D eigenvalue weighted by molar-refractivity contribution is 0.373. The van der Waals surface area contributed by atoms with Crippen molar-refractivity contribution in [2.75, 3.05) is 14.2 Å². The number of methoxy groups -OCH3 is 2. The van der Waals surface area contributed by atoms with E-state index in [0.717, 1.165) is 11.1 Å². The van der Waals surface area contributed by atoms with Crippen molar-refractivity contribution in [1.82, 2.24) is 20.3 Å². The first-order valence-corrected chi connectivity index (χ1v) is 8.60. The van der Waals surface area contributed by atoms with Gasteiger partial charge in [0.1, 0.15) is 17.9 Å². The lowest BCUT2D eigenvalue weighted by Crippen LogP contribution is -1.89. The Morgan fingerprint density at radius 3 is 2.39 bits per heavy atom. The lowest BCUT2D eigenvalue weighted by Gasteiger charge is -2.05. The molecule has 0 amide bonds. The van der Waals surface area contributed by atoms with Crippen molar-refractivity contribution < 1.29 is 18.4 Å². The molecular formula is C20H18N4O4. The van der Waals surface area contributed by atoms with Crippen molar-refractivity contribution in [2.24, 2.45) is 0 Å². The highest BCUT2D eigenvalue weighted by Crippen LogP contribution is 2.29. The third-order valence-corrected chi connectivity index (χ3v) is 4.11. The minimum atomic E-state index is 0.243. The zero-order valence-corrected chi connectivity index (χ0v) is 15.7. The zero-order valence-electron chi connectivity index (χ0n) is 15.7. The molecule has 0 saturated carbocycles. The number of aromatic nitrogens is 4. The van der Waals surface area contributed by atoms with Crippen LogP contribution in [0.2, 0.25) is 0 Å². The van der Waals surface area contributed by atoms with E-state index < -0.39 is 0 Å². The topological polar surface area (TPSA) is 96.3 Å². The van der Waals surface area contributed by atoms with E-state index in [1.54, 1.807) is 32.4 Å².